The second-order valence-corrected chi connectivity index (χ2v) is 6.96. The smallest absolute Gasteiger partial charge is 0.0793 e. The number of aliphatic hydroxyl groups excluding tert-OH is 1. The quantitative estimate of drug-likeness (QED) is 0.667. The van der Waals surface area contributed by atoms with Gasteiger partial charge in [0.2, 0.25) is 0 Å². The normalized spacial score (nSPS) is 25.5. The molecule has 6 nitrogen and oxygen atoms in total. The highest BCUT2D eigenvalue weighted by atomic mass is 16.5. The van der Waals surface area contributed by atoms with Gasteiger partial charge in [-0.1, -0.05) is 0 Å². The summed E-state index contributed by atoms with van der Waals surface area (Å²) in [6.45, 7) is 13.0. The SMILES string of the molecule is CC(CN1CCOCC1)N(C)CC(O)CN1CCN(C)CC1. The molecule has 2 heterocycles. The topological polar surface area (TPSA) is 42.4 Å². The first kappa shape index (κ1) is 18.1. The molecule has 1 N–H and O–H groups in total. The maximum Gasteiger partial charge on any atom is 0.0793 e. The summed E-state index contributed by atoms with van der Waals surface area (Å²) < 4.78 is 5.39. The summed E-state index contributed by atoms with van der Waals surface area (Å²) in [5.74, 6) is 0. The van der Waals surface area contributed by atoms with E-state index in [1.807, 2.05) is 0 Å². The Morgan fingerprint density at radius 3 is 2.23 bits per heavy atom. The number of β-amino-alcohol motifs (C(OH)–C–C–N with tert-alkyl or cyclic N) is 1. The van der Waals surface area contributed by atoms with Gasteiger partial charge in [-0.3, -0.25) is 14.7 Å². The van der Waals surface area contributed by atoms with Crippen LogP contribution in [0.25, 0.3) is 0 Å². The van der Waals surface area contributed by atoms with Gasteiger partial charge in [-0.15, -0.1) is 0 Å². The Balaban J connectivity index is 1.65. The van der Waals surface area contributed by atoms with E-state index in [2.05, 4.69) is 40.6 Å². The molecule has 130 valence electrons. The molecular weight excluding hydrogens is 280 g/mol. The third-order valence-electron chi connectivity index (χ3n) is 4.94. The van der Waals surface area contributed by atoms with Crippen LogP contribution < -0.4 is 0 Å². The molecule has 0 amide bonds. The number of hydrogen-bond donors (Lipinski definition) is 1. The average molecular weight is 314 g/mol. The van der Waals surface area contributed by atoms with Crippen LogP contribution in [0.15, 0.2) is 0 Å². The van der Waals surface area contributed by atoms with Gasteiger partial charge in [0.05, 0.1) is 19.3 Å². The van der Waals surface area contributed by atoms with Crippen molar-refractivity contribution in [3.05, 3.63) is 0 Å². The van der Waals surface area contributed by atoms with Gasteiger partial charge in [0, 0.05) is 64.9 Å². The Hall–Kier alpha value is -0.240. The van der Waals surface area contributed by atoms with E-state index in [1.54, 1.807) is 0 Å². The lowest BCUT2D eigenvalue weighted by Crippen LogP contribution is -2.50. The summed E-state index contributed by atoms with van der Waals surface area (Å²) in [4.78, 5) is 9.47. The Kier molecular flexibility index (Phi) is 7.53. The molecule has 2 saturated heterocycles. The molecule has 0 aromatic rings. The number of likely N-dealkylation sites (N-methyl/N-ethyl adjacent to an activating group) is 2. The lowest BCUT2D eigenvalue weighted by atomic mass is 10.2. The number of nitrogens with zero attached hydrogens (tertiary/aromatic N) is 4. The fourth-order valence-corrected chi connectivity index (χ4v) is 3.20. The molecule has 0 aromatic carbocycles. The molecule has 2 unspecified atom stereocenters. The van der Waals surface area contributed by atoms with E-state index in [0.717, 1.165) is 72.1 Å². The van der Waals surface area contributed by atoms with Crippen LogP contribution in [0.2, 0.25) is 0 Å². The van der Waals surface area contributed by atoms with Crippen molar-refractivity contribution in [1.29, 1.82) is 0 Å². The average Bonchev–Trinajstić information content (AvgIpc) is 2.50. The Morgan fingerprint density at radius 1 is 1.00 bits per heavy atom. The molecule has 22 heavy (non-hydrogen) atoms. The van der Waals surface area contributed by atoms with Gasteiger partial charge in [0.15, 0.2) is 0 Å². The first-order valence-electron chi connectivity index (χ1n) is 8.64. The number of rotatable bonds is 7. The van der Waals surface area contributed by atoms with Crippen molar-refractivity contribution in [3.63, 3.8) is 0 Å². The monoisotopic (exact) mass is 314 g/mol. The predicted molar refractivity (Wildman–Crippen MR) is 89.3 cm³/mol. The van der Waals surface area contributed by atoms with Crippen molar-refractivity contribution in [1.82, 2.24) is 19.6 Å². The van der Waals surface area contributed by atoms with Gasteiger partial charge in [0.1, 0.15) is 0 Å². The minimum absolute atomic E-state index is 0.263. The van der Waals surface area contributed by atoms with E-state index >= 15 is 0 Å². The minimum atomic E-state index is -0.263. The van der Waals surface area contributed by atoms with E-state index in [4.69, 9.17) is 4.74 Å². The number of ether oxygens (including phenoxy) is 1. The molecule has 0 bridgehead atoms. The Bertz CT molecular complexity index is 305. The highest BCUT2D eigenvalue weighted by Crippen LogP contribution is 2.06. The van der Waals surface area contributed by atoms with E-state index in [1.165, 1.54) is 0 Å². The van der Waals surface area contributed by atoms with Crippen LogP contribution in [0.4, 0.5) is 0 Å². The molecule has 0 saturated carbocycles. The summed E-state index contributed by atoms with van der Waals surface area (Å²) in [7, 11) is 4.28. The fourth-order valence-electron chi connectivity index (χ4n) is 3.20. The van der Waals surface area contributed by atoms with Crippen LogP contribution in [0.5, 0.6) is 0 Å². The number of piperazine rings is 1. The number of hydrogen-bond acceptors (Lipinski definition) is 6. The van der Waals surface area contributed by atoms with Crippen LogP contribution in [0.3, 0.4) is 0 Å². The molecule has 0 radical (unpaired) electrons. The predicted octanol–water partition coefficient (Wildman–Crippen LogP) is -0.753. The van der Waals surface area contributed by atoms with Crippen molar-refractivity contribution in [2.24, 2.45) is 0 Å². The van der Waals surface area contributed by atoms with Gasteiger partial charge in [-0.05, 0) is 21.0 Å². The molecule has 2 fully saturated rings. The fraction of sp³-hybridized carbons (Fsp3) is 1.00. The van der Waals surface area contributed by atoms with Crippen molar-refractivity contribution < 1.29 is 9.84 Å². The van der Waals surface area contributed by atoms with Crippen molar-refractivity contribution in [3.8, 4) is 0 Å². The second-order valence-electron chi connectivity index (χ2n) is 6.96. The summed E-state index contributed by atoms with van der Waals surface area (Å²) in [6.07, 6.45) is -0.263. The third kappa shape index (κ3) is 6.10. The summed E-state index contributed by atoms with van der Waals surface area (Å²) in [5, 5.41) is 10.4. The Labute approximate surface area is 135 Å². The zero-order chi connectivity index (χ0) is 15.9. The summed E-state index contributed by atoms with van der Waals surface area (Å²) in [5.41, 5.74) is 0. The molecule has 0 aromatic heterocycles. The highest BCUT2D eigenvalue weighted by molar-refractivity contribution is 4.77. The first-order valence-corrected chi connectivity index (χ1v) is 8.64. The van der Waals surface area contributed by atoms with Gasteiger partial charge < -0.3 is 14.7 Å². The van der Waals surface area contributed by atoms with Crippen molar-refractivity contribution >= 4 is 0 Å². The number of aliphatic hydroxyl groups is 1. The zero-order valence-electron chi connectivity index (χ0n) is 14.6. The van der Waals surface area contributed by atoms with Gasteiger partial charge in [0.25, 0.3) is 0 Å². The molecule has 6 heteroatoms. The van der Waals surface area contributed by atoms with E-state index in [9.17, 15) is 5.11 Å². The second kappa shape index (κ2) is 9.15. The standard InChI is InChI=1S/C16H34N4O2/c1-15(12-20-8-10-22-11-9-20)18(3)13-16(21)14-19-6-4-17(2)5-7-19/h15-16,21H,4-14H2,1-3H3. The maximum absolute atomic E-state index is 10.4. The molecule has 0 spiro atoms. The van der Waals surface area contributed by atoms with Crippen LogP contribution >= 0.6 is 0 Å². The van der Waals surface area contributed by atoms with Crippen molar-refractivity contribution in [2.45, 2.75) is 19.1 Å². The van der Waals surface area contributed by atoms with E-state index < -0.39 is 0 Å². The Morgan fingerprint density at radius 2 is 1.59 bits per heavy atom. The van der Waals surface area contributed by atoms with Crippen molar-refractivity contribution in [2.75, 3.05) is 86.2 Å². The van der Waals surface area contributed by atoms with Gasteiger partial charge in [-0.25, -0.2) is 0 Å². The minimum Gasteiger partial charge on any atom is -0.390 e. The van der Waals surface area contributed by atoms with Crippen LogP contribution in [0, 0.1) is 0 Å². The van der Waals surface area contributed by atoms with Crippen LogP contribution in [-0.4, -0.2) is 123 Å². The van der Waals surface area contributed by atoms with E-state index in [-0.39, 0.29) is 6.10 Å². The first-order chi connectivity index (χ1) is 10.5. The highest BCUT2D eigenvalue weighted by Gasteiger charge is 2.21. The largest absolute Gasteiger partial charge is 0.390 e. The maximum atomic E-state index is 10.4. The lowest BCUT2D eigenvalue weighted by Gasteiger charge is -2.36. The zero-order valence-corrected chi connectivity index (χ0v) is 14.6. The van der Waals surface area contributed by atoms with Crippen LogP contribution in [0.1, 0.15) is 6.92 Å². The molecule has 2 aliphatic rings. The van der Waals surface area contributed by atoms with Gasteiger partial charge >= 0.3 is 0 Å². The van der Waals surface area contributed by atoms with Crippen LogP contribution in [-0.2, 0) is 4.74 Å². The molecule has 0 aliphatic carbocycles. The molecule has 2 atom stereocenters. The third-order valence-corrected chi connectivity index (χ3v) is 4.94. The lowest BCUT2D eigenvalue weighted by molar-refractivity contribution is 0.0173. The summed E-state index contributed by atoms with van der Waals surface area (Å²) >= 11 is 0. The number of morpholine rings is 1. The van der Waals surface area contributed by atoms with E-state index in [0.29, 0.717) is 6.04 Å². The summed E-state index contributed by atoms with van der Waals surface area (Å²) in [6, 6.07) is 0.459. The molecule has 2 rings (SSSR count). The van der Waals surface area contributed by atoms with Gasteiger partial charge in [-0.2, -0.15) is 0 Å². The molecule has 2 aliphatic heterocycles. The molecular formula is C16H34N4O2.